The van der Waals surface area contributed by atoms with Gasteiger partial charge in [-0.1, -0.05) is 58.6 Å². The average molecular weight is 233 g/mol. The fourth-order valence-electron chi connectivity index (χ4n) is 1.25. The lowest BCUT2D eigenvalue weighted by molar-refractivity contribution is 1.02. The van der Waals surface area contributed by atoms with E-state index < -0.39 is 0 Å². The Balaban J connectivity index is 0. The van der Waals surface area contributed by atoms with E-state index in [4.69, 9.17) is 5.41 Å². The molecule has 1 heteroatoms. The summed E-state index contributed by atoms with van der Waals surface area (Å²) >= 11 is 0. The predicted molar refractivity (Wildman–Crippen MR) is 80.8 cm³/mol. The Morgan fingerprint density at radius 1 is 1.24 bits per heavy atom. The smallest absolute Gasteiger partial charge is 0.0207 e. The molecular formula is C16H27N. The summed E-state index contributed by atoms with van der Waals surface area (Å²) < 4.78 is 0. The first-order valence-corrected chi connectivity index (χ1v) is 6.49. The van der Waals surface area contributed by atoms with Gasteiger partial charge in [0.25, 0.3) is 0 Å². The molecule has 0 amide bonds. The van der Waals surface area contributed by atoms with Gasteiger partial charge in [0.05, 0.1) is 0 Å². The van der Waals surface area contributed by atoms with Crippen molar-refractivity contribution >= 4 is 6.21 Å². The van der Waals surface area contributed by atoms with Gasteiger partial charge in [0.1, 0.15) is 0 Å². The molecule has 0 saturated heterocycles. The second-order valence-electron chi connectivity index (χ2n) is 3.20. The second-order valence-corrected chi connectivity index (χ2v) is 3.20. The van der Waals surface area contributed by atoms with Gasteiger partial charge in [-0.05, 0) is 36.5 Å². The summed E-state index contributed by atoms with van der Waals surface area (Å²) in [6.07, 6.45) is 12.0. The summed E-state index contributed by atoms with van der Waals surface area (Å²) in [5.41, 5.74) is 3.12. The minimum absolute atomic E-state index is 0.935. The van der Waals surface area contributed by atoms with Crippen LogP contribution in [-0.2, 0) is 0 Å². The van der Waals surface area contributed by atoms with E-state index in [9.17, 15) is 0 Å². The van der Waals surface area contributed by atoms with E-state index in [0.29, 0.717) is 0 Å². The van der Waals surface area contributed by atoms with Crippen LogP contribution in [0.1, 0.15) is 47.5 Å². The zero-order chi connectivity index (χ0) is 13.7. The summed E-state index contributed by atoms with van der Waals surface area (Å²) in [6, 6.07) is 0. The lowest BCUT2D eigenvalue weighted by atomic mass is 9.99. The molecule has 0 aromatic rings. The first-order valence-electron chi connectivity index (χ1n) is 6.49. The summed E-state index contributed by atoms with van der Waals surface area (Å²) in [6.45, 7) is 13.9. The normalized spacial score (nSPS) is 13.5. The van der Waals surface area contributed by atoms with Crippen molar-refractivity contribution in [2.75, 3.05) is 0 Å². The lowest BCUT2D eigenvalue weighted by Gasteiger charge is -2.06. The van der Waals surface area contributed by atoms with Gasteiger partial charge in [0.15, 0.2) is 0 Å². The van der Waals surface area contributed by atoms with Gasteiger partial charge >= 0.3 is 0 Å². The van der Waals surface area contributed by atoms with Crippen molar-refractivity contribution in [1.82, 2.24) is 0 Å². The van der Waals surface area contributed by atoms with E-state index >= 15 is 0 Å². The van der Waals surface area contributed by atoms with Crippen molar-refractivity contribution in [1.29, 1.82) is 5.41 Å². The predicted octanol–water partition coefficient (Wildman–Crippen LogP) is 5.47. The summed E-state index contributed by atoms with van der Waals surface area (Å²) in [4.78, 5) is 0. The van der Waals surface area contributed by atoms with Crippen molar-refractivity contribution in [3.05, 3.63) is 47.6 Å². The molecule has 0 fully saturated rings. The number of rotatable bonds is 3. The van der Waals surface area contributed by atoms with E-state index in [1.165, 1.54) is 11.8 Å². The molecule has 1 aliphatic rings. The molecule has 0 unspecified atom stereocenters. The molecule has 0 spiro atoms. The first-order chi connectivity index (χ1) is 8.24. The van der Waals surface area contributed by atoms with E-state index in [2.05, 4.69) is 24.8 Å². The molecule has 0 aromatic heterocycles. The average Bonchev–Trinajstić information content (AvgIpc) is 2.44. The van der Waals surface area contributed by atoms with Crippen molar-refractivity contribution < 1.29 is 0 Å². The molecule has 0 saturated carbocycles. The van der Waals surface area contributed by atoms with Gasteiger partial charge in [-0.3, -0.25) is 0 Å². The Labute approximate surface area is 107 Å². The minimum Gasteiger partial charge on any atom is -0.308 e. The van der Waals surface area contributed by atoms with E-state index in [-0.39, 0.29) is 0 Å². The minimum atomic E-state index is 0.935. The highest BCUT2D eigenvalue weighted by Crippen LogP contribution is 2.18. The molecule has 1 rings (SSSR count). The molecule has 0 heterocycles. The van der Waals surface area contributed by atoms with E-state index in [1.54, 1.807) is 0 Å². The van der Waals surface area contributed by atoms with Crippen molar-refractivity contribution in [3.63, 3.8) is 0 Å². The van der Waals surface area contributed by atoms with Crippen LogP contribution in [0.3, 0.4) is 0 Å². The molecule has 0 aromatic carbocycles. The van der Waals surface area contributed by atoms with Crippen LogP contribution in [0.15, 0.2) is 47.6 Å². The molecule has 17 heavy (non-hydrogen) atoms. The van der Waals surface area contributed by atoms with Crippen LogP contribution in [0.4, 0.5) is 0 Å². The fraction of sp³-hybridized carbons (Fsp3) is 0.438. The number of allylic oxidation sites excluding steroid dienone is 7. The van der Waals surface area contributed by atoms with Crippen LogP contribution in [-0.4, -0.2) is 6.21 Å². The summed E-state index contributed by atoms with van der Waals surface area (Å²) in [7, 11) is 0. The zero-order valence-corrected chi connectivity index (χ0v) is 12.0. The van der Waals surface area contributed by atoms with Crippen LogP contribution in [0.25, 0.3) is 0 Å². The molecule has 0 bridgehead atoms. The highest BCUT2D eigenvalue weighted by Gasteiger charge is 1.99. The fourth-order valence-corrected chi connectivity index (χ4v) is 1.25. The van der Waals surface area contributed by atoms with Crippen molar-refractivity contribution in [3.8, 4) is 0 Å². The third-order valence-electron chi connectivity index (χ3n) is 2.00. The van der Waals surface area contributed by atoms with Gasteiger partial charge in [-0.15, -0.1) is 0 Å². The SMILES string of the molecule is C=C(/C=C(/C)C=N)C1=CCCC=C1.CC.CC. The third kappa shape index (κ3) is 8.44. The van der Waals surface area contributed by atoms with Crippen LogP contribution in [0.5, 0.6) is 0 Å². The summed E-state index contributed by atoms with van der Waals surface area (Å²) in [5.74, 6) is 0. The number of hydrogen-bond donors (Lipinski definition) is 1. The molecule has 1 nitrogen and oxygen atoms in total. The number of nitrogens with one attached hydrogen (secondary N) is 1. The lowest BCUT2D eigenvalue weighted by Crippen LogP contribution is -1.88. The zero-order valence-electron chi connectivity index (χ0n) is 12.0. The highest BCUT2D eigenvalue weighted by molar-refractivity contribution is 5.76. The maximum atomic E-state index is 7.04. The number of hydrogen-bond acceptors (Lipinski definition) is 1. The maximum Gasteiger partial charge on any atom is 0.0207 e. The molecule has 96 valence electrons. The Hall–Kier alpha value is -1.37. The van der Waals surface area contributed by atoms with Gasteiger partial charge in [0, 0.05) is 6.21 Å². The largest absolute Gasteiger partial charge is 0.308 e. The van der Waals surface area contributed by atoms with Gasteiger partial charge in [-0.25, -0.2) is 0 Å². The molecule has 0 atom stereocenters. The first kappa shape index (κ1) is 18.0. The Bertz CT molecular complexity index is 303. The topological polar surface area (TPSA) is 23.9 Å². The van der Waals surface area contributed by atoms with Crippen LogP contribution < -0.4 is 0 Å². The van der Waals surface area contributed by atoms with Crippen molar-refractivity contribution in [2.24, 2.45) is 0 Å². The Morgan fingerprint density at radius 2 is 1.82 bits per heavy atom. The molecule has 0 aliphatic heterocycles. The van der Waals surface area contributed by atoms with Crippen LogP contribution >= 0.6 is 0 Å². The molecular weight excluding hydrogens is 206 g/mol. The molecule has 0 radical (unpaired) electrons. The standard InChI is InChI=1S/C12H15N.2C2H6/c1-10(9-13)8-11(2)12-6-4-3-5-7-12;2*1-2/h4,6-9,13H,2-3,5H2,1H3;2*1-2H3/b10-8-,13-9?;;. The summed E-state index contributed by atoms with van der Waals surface area (Å²) in [5, 5.41) is 7.04. The van der Waals surface area contributed by atoms with Gasteiger partial charge < -0.3 is 5.41 Å². The van der Waals surface area contributed by atoms with Crippen LogP contribution in [0.2, 0.25) is 0 Å². The maximum absolute atomic E-state index is 7.04. The van der Waals surface area contributed by atoms with Gasteiger partial charge in [-0.2, -0.15) is 0 Å². The quantitative estimate of drug-likeness (QED) is 0.494. The second kappa shape index (κ2) is 12.7. The van der Waals surface area contributed by atoms with Gasteiger partial charge in [0.2, 0.25) is 0 Å². The Kier molecular flexibility index (Phi) is 13.5. The third-order valence-corrected chi connectivity index (χ3v) is 2.00. The van der Waals surface area contributed by atoms with E-state index in [0.717, 1.165) is 24.0 Å². The molecule has 1 N–H and O–H groups in total. The van der Waals surface area contributed by atoms with E-state index in [1.807, 2.05) is 40.7 Å². The molecule has 1 aliphatic carbocycles. The highest BCUT2D eigenvalue weighted by atomic mass is 14.3. The van der Waals surface area contributed by atoms with Crippen molar-refractivity contribution in [2.45, 2.75) is 47.5 Å². The Morgan fingerprint density at radius 3 is 2.24 bits per heavy atom. The van der Waals surface area contributed by atoms with Crippen LogP contribution in [0, 0.1) is 5.41 Å². The monoisotopic (exact) mass is 233 g/mol.